The van der Waals surface area contributed by atoms with Crippen molar-refractivity contribution >= 4 is 23.0 Å². The second kappa shape index (κ2) is 5.72. The number of rotatable bonds is 4. The van der Waals surface area contributed by atoms with E-state index >= 15 is 0 Å². The van der Waals surface area contributed by atoms with Gasteiger partial charge in [-0.3, -0.25) is 5.41 Å². The van der Waals surface area contributed by atoms with Gasteiger partial charge in [-0.2, -0.15) is 24.5 Å². The molecule has 0 bridgehead atoms. The molecule has 0 unspecified atom stereocenters. The number of aromatic nitrogens is 1. The minimum Gasteiger partial charge on any atom is -0.384 e. The highest BCUT2D eigenvalue weighted by atomic mass is 32.1. The highest BCUT2D eigenvalue weighted by Crippen LogP contribution is 2.30. The van der Waals surface area contributed by atoms with E-state index in [4.69, 9.17) is 11.1 Å². The molecule has 2 rings (SSSR count). The molecular formula is C13H13F3N4S. The summed E-state index contributed by atoms with van der Waals surface area (Å²) in [6.45, 7) is 0.387. The van der Waals surface area contributed by atoms with Crippen LogP contribution in [0.5, 0.6) is 0 Å². The van der Waals surface area contributed by atoms with Crippen LogP contribution >= 0.6 is 11.3 Å². The first-order valence-electron chi connectivity index (χ1n) is 5.94. The Labute approximate surface area is 123 Å². The summed E-state index contributed by atoms with van der Waals surface area (Å²) in [7, 11) is 1.62. The molecule has 8 heteroatoms. The number of anilines is 1. The third-order valence-electron chi connectivity index (χ3n) is 2.82. The first-order chi connectivity index (χ1) is 9.79. The zero-order valence-electron chi connectivity index (χ0n) is 11.1. The number of halogens is 3. The summed E-state index contributed by atoms with van der Waals surface area (Å²) in [5, 5.41) is 11.3. The Bertz CT molecular complexity index is 637. The van der Waals surface area contributed by atoms with E-state index in [1.807, 2.05) is 16.8 Å². The molecule has 2 aromatic heterocycles. The van der Waals surface area contributed by atoms with Crippen LogP contribution in [-0.2, 0) is 12.7 Å². The molecule has 2 aromatic rings. The Morgan fingerprint density at radius 3 is 2.62 bits per heavy atom. The summed E-state index contributed by atoms with van der Waals surface area (Å²) < 4.78 is 38.3. The maximum atomic E-state index is 12.8. The van der Waals surface area contributed by atoms with Crippen molar-refractivity contribution in [2.24, 2.45) is 5.73 Å². The van der Waals surface area contributed by atoms with E-state index in [0.717, 1.165) is 11.6 Å². The number of thiophene rings is 1. The molecule has 0 saturated carbocycles. The number of pyridine rings is 1. The lowest BCUT2D eigenvalue weighted by Gasteiger charge is -2.21. The Hall–Kier alpha value is -2.09. The molecule has 4 nitrogen and oxygen atoms in total. The van der Waals surface area contributed by atoms with E-state index in [9.17, 15) is 13.2 Å². The Balaban J connectivity index is 2.40. The van der Waals surface area contributed by atoms with Crippen LogP contribution in [0.15, 0.2) is 29.0 Å². The molecule has 0 spiro atoms. The van der Waals surface area contributed by atoms with Crippen LogP contribution in [0, 0.1) is 5.41 Å². The largest absolute Gasteiger partial charge is 0.433 e. The van der Waals surface area contributed by atoms with Crippen LogP contribution in [-0.4, -0.2) is 17.9 Å². The second-order valence-electron chi connectivity index (χ2n) is 4.47. The van der Waals surface area contributed by atoms with Gasteiger partial charge in [0.2, 0.25) is 0 Å². The van der Waals surface area contributed by atoms with Crippen LogP contribution in [0.4, 0.5) is 19.0 Å². The van der Waals surface area contributed by atoms with E-state index < -0.39 is 11.9 Å². The average molecular weight is 314 g/mol. The van der Waals surface area contributed by atoms with Gasteiger partial charge >= 0.3 is 6.18 Å². The van der Waals surface area contributed by atoms with E-state index in [1.165, 1.54) is 17.4 Å². The fraction of sp³-hybridized carbons (Fsp3) is 0.231. The minimum atomic E-state index is -4.53. The molecule has 0 fully saturated rings. The van der Waals surface area contributed by atoms with Gasteiger partial charge in [0.1, 0.15) is 17.3 Å². The second-order valence-corrected chi connectivity index (χ2v) is 5.25. The van der Waals surface area contributed by atoms with Gasteiger partial charge in [-0.05, 0) is 34.5 Å². The van der Waals surface area contributed by atoms with Crippen molar-refractivity contribution in [3.8, 4) is 0 Å². The van der Waals surface area contributed by atoms with Gasteiger partial charge in [0.25, 0.3) is 0 Å². The van der Waals surface area contributed by atoms with Crippen molar-refractivity contribution in [2.45, 2.75) is 12.7 Å². The molecule has 0 saturated heterocycles. The number of nitrogens with one attached hydrogen (secondary N) is 1. The zero-order valence-corrected chi connectivity index (χ0v) is 11.9. The Morgan fingerprint density at radius 2 is 2.10 bits per heavy atom. The molecule has 0 aliphatic carbocycles. The molecule has 21 heavy (non-hydrogen) atoms. The van der Waals surface area contributed by atoms with Crippen LogP contribution in [0.1, 0.15) is 16.8 Å². The van der Waals surface area contributed by atoms with Crippen molar-refractivity contribution in [3.63, 3.8) is 0 Å². The first kappa shape index (κ1) is 15.3. The Morgan fingerprint density at radius 1 is 1.38 bits per heavy atom. The molecule has 112 valence electrons. The maximum absolute atomic E-state index is 12.8. The van der Waals surface area contributed by atoms with Crippen LogP contribution in [0.25, 0.3) is 0 Å². The van der Waals surface area contributed by atoms with Crippen molar-refractivity contribution in [1.82, 2.24) is 4.98 Å². The number of nitrogens with two attached hydrogens (primary N) is 1. The van der Waals surface area contributed by atoms with E-state index in [0.29, 0.717) is 6.54 Å². The molecule has 3 N–H and O–H groups in total. The molecule has 0 atom stereocenters. The highest BCUT2D eigenvalue weighted by Gasteiger charge is 2.33. The van der Waals surface area contributed by atoms with Gasteiger partial charge < -0.3 is 10.6 Å². The summed E-state index contributed by atoms with van der Waals surface area (Å²) in [5.41, 5.74) is 5.56. The molecule has 0 aliphatic heterocycles. The monoisotopic (exact) mass is 314 g/mol. The molecule has 0 aromatic carbocycles. The first-order valence-corrected chi connectivity index (χ1v) is 6.88. The van der Waals surface area contributed by atoms with Crippen molar-refractivity contribution in [1.29, 1.82) is 5.41 Å². The van der Waals surface area contributed by atoms with E-state index in [-0.39, 0.29) is 17.2 Å². The number of nitrogens with zero attached hydrogens (tertiary/aromatic N) is 2. The quantitative estimate of drug-likeness (QED) is 0.673. The SMILES string of the molecule is CN(Cc1ccsc1)c1nc(C(F)(F)F)ccc1C(=N)N. The lowest BCUT2D eigenvalue weighted by atomic mass is 10.2. The van der Waals surface area contributed by atoms with Gasteiger partial charge in [0.15, 0.2) is 0 Å². The molecule has 0 aliphatic rings. The summed E-state index contributed by atoms with van der Waals surface area (Å²) in [6, 6.07) is 3.89. The Kier molecular flexibility index (Phi) is 4.17. The summed E-state index contributed by atoms with van der Waals surface area (Å²) in [5.74, 6) is -0.271. The molecular weight excluding hydrogens is 301 g/mol. The number of alkyl halides is 3. The molecule has 0 amide bonds. The summed E-state index contributed by atoms with van der Waals surface area (Å²) >= 11 is 1.50. The fourth-order valence-electron chi connectivity index (χ4n) is 1.84. The lowest BCUT2D eigenvalue weighted by molar-refractivity contribution is -0.141. The summed E-state index contributed by atoms with van der Waals surface area (Å²) in [6.07, 6.45) is -4.53. The van der Waals surface area contributed by atoms with Crippen LogP contribution in [0.2, 0.25) is 0 Å². The smallest absolute Gasteiger partial charge is 0.384 e. The lowest BCUT2D eigenvalue weighted by Crippen LogP contribution is -2.24. The van der Waals surface area contributed by atoms with Gasteiger partial charge in [-0.25, -0.2) is 4.98 Å². The normalized spacial score (nSPS) is 11.4. The topological polar surface area (TPSA) is 66.0 Å². The highest BCUT2D eigenvalue weighted by molar-refractivity contribution is 7.07. The van der Waals surface area contributed by atoms with Crippen LogP contribution < -0.4 is 10.6 Å². The standard InChI is InChI=1S/C13H13F3N4S/c1-20(6-8-4-5-21-7-8)12-9(11(17)18)2-3-10(19-12)13(14,15)16/h2-5,7H,6H2,1H3,(H3,17,18). The minimum absolute atomic E-state index is 0.0449. The van der Waals surface area contributed by atoms with Gasteiger partial charge in [-0.15, -0.1) is 0 Å². The third-order valence-corrected chi connectivity index (χ3v) is 3.55. The van der Waals surface area contributed by atoms with Crippen LogP contribution in [0.3, 0.4) is 0 Å². The maximum Gasteiger partial charge on any atom is 0.433 e. The van der Waals surface area contributed by atoms with E-state index in [2.05, 4.69) is 4.98 Å². The summed E-state index contributed by atoms with van der Waals surface area (Å²) in [4.78, 5) is 5.18. The number of nitrogen functional groups attached to an aromatic ring is 1. The molecule has 0 radical (unpaired) electrons. The van der Waals surface area contributed by atoms with Gasteiger partial charge in [0.05, 0.1) is 5.56 Å². The zero-order chi connectivity index (χ0) is 15.6. The number of amidine groups is 1. The van der Waals surface area contributed by atoms with Gasteiger partial charge in [-0.1, -0.05) is 0 Å². The van der Waals surface area contributed by atoms with E-state index in [1.54, 1.807) is 11.9 Å². The molecule has 2 heterocycles. The van der Waals surface area contributed by atoms with Crippen molar-refractivity contribution in [3.05, 3.63) is 45.8 Å². The van der Waals surface area contributed by atoms with Crippen molar-refractivity contribution < 1.29 is 13.2 Å². The predicted octanol–water partition coefficient (Wildman–Crippen LogP) is 3.08. The number of hydrogen-bond donors (Lipinski definition) is 2. The fourth-order valence-corrected chi connectivity index (χ4v) is 2.50. The predicted molar refractivity (Wildman–Crippen MR) is 76.7 cm³/mol. The third kappa shape index (κ3) is 3.52. The van der Waals surface area contributed by atoms with Gasteiger partial charge in [0, 0.05) is 13.6 Å². The average Bonchev–Trinajstić information content (AvgIpc) is 2.89. The number of hydrogen-bond acceptors (Lipinski definition) is 4. The van der Waals surface area contributed by atoms with Crippen molar-refractivity contribution in [2.75, 3.05) is 11.9 Å².